The third-order valence-corrected chi connectivity index (χ3v) is 5.23. The average molecular weight is 410 g/mol. The van der Waals surface area contributed by atoms with Gasteiger partial charge in [0.05, 0.1) is 24.4 Å². The fraction of sp³-hybridized carbons (Fsp3) is 0.250. The van der Waals surface area contributed by atoms with Crippen LogP contribution in [0.15, 0.2) is 57.9 Å². The van der Waals surface area contributed by atoms with Crippen LogP contribution in [0.1, 0.15) is 30.5 Å². The molecule has 0 fully saturated rings. The van der Waals surface area contributed by atoms with E-state index in [0.29, 0.717) is 23.6 Å². The van der Waals surface area contributed by atoms with Gasteiger partial charge in [-0.05, 0) is 5.56 Å². The van der Waals surface area contributed by atoms with Gasteiger partial charge in [0.15, 0.2) is 4.96 Å². The second-order valence-electron chi connectivity index (χ2n) is 6.48. The number of hydrazone groups is 1. The van der Waals surface area contributed by atoms with Gasteiger partial charge in [-0.1, -0.05) is 30.3 Å². The van der Waals surface area contributed by atoms with Crippen LogP contribution < -0.4 is 5.56 Å². The Bertz CT molecular complexity index is 1140. The molecule has 3 aromatic rings. The predicted molar refractivity (Wildman–Crippen MR) is 108 cm³/mol. The molecular formula is C20H18N4O4S. The van der Waals surface area contributed by atoms with Crippen LogP contribution >= 0.6 is 11.3 Å². The Balaban J connectivity index is 1.27. The first-order chi connectivity index (χ1) is 14.1. The number of rotatable bonds is 6. The van der Waals surface area contributed by atoms with E-state index in [1.54, 1.807) is 11.6 Å². The third kappa shape index (κ3) is 4.40. The second kappa shape index (κ2) is 8.36. The summed E-state index contributed by atoms with van der Waals surface area (Å²) in [5.74, 6) is -0.734. The molecule has 3 heterocycles. The summed E-state index contributed by atoms with van der Waals surface area (Å²) in [4.78, 5) is 41.0. The van der Waals surface area contributed by atoms with Crippen molar-refractivity contribution in [1.82, 2.24) is 14.4 Å². The lowest BCUT2D eigenvalue weighted by Crippen LogP contribution is -2.24. The minimum Gasteiger partial charge on any atom is -0.459 e. The van der Waals surface area contributed by atoms with Crippen molar-refractivity contribution in [2.45, 2.75) is 25.9 Å². The van der Waals surface area contributed by atoms with Gasteiger partial charge >= 0.3 is 5.97 Å². The highest BCUT2D eigenvalue weighted by atomic mass is 32.1. The van der Waals surface area contributed by atoms with Gasteiger partial charge in [-0.2, -0.15) is 5.10 Å². The topological polar surface area (TPSA) is 93.3 Å². The maximum absolute atomic E-state index is 12.3. The monoisotopic (exact) mass is 410 g/mol. The molecule has 1 aliphatic heterocycles. The van der Waals surface area contributed by atoms with E-state index < -0.39 is 5.97 Å². The van der Waals surface area contributed by atoms with Gasteiger partial charge < -0.3 is 4.74 Å². The van der Waals surface area contributed by atoms with Crippen molar-refractivity contribution in [2.75, 3.05) is 6.54 Å². The number of carbonyl (C=O) groups excluding carboxylic acids is 2. The fourth-order valence-electron chi connectivity index (χ4n) is 3.00. The van der Waals surface area contributed by atoms with Crippen molar-refractivity contribution in [3.63, 3.8) is 0 Å². The van der Waals surface area contributed by atoms with E-state index in [0.717, 1.165) is 11.3 Å². The normalized spacial score (nSPS) is 13.5. The molecule has 0 N–H and O–H groups in total. The molecule has 0 saturated heterocycles. The third-order valence-electron chi connectivity index (χ3n) is 4.48. The molecule has 2 aromatic heterocycles. The average Bonchev–Trinajstić information content (AvgIpc) is 3.41. The van der Waals surface area contributed by atoms with Crippen LogP contribution in [0.4, 0.5) is 0 Å². The van der Waals surface area contributed by atoms with Gasteiger partial charge in [0.25, 0.3) is 5.56 Å². The van der Waals surface area contributed by atoms with Crippen molar-refractivity contribution >= 4 is 33.9 Å². The largest absolute Gasteiger partial charge is 0.459 e. The Hall–Kier alpha value is -3.33. The van der Waals surface area contributed by atoms with Gasteiger partial charge in [0, 0.05) is 30.5 Å². The van der Waals surface area contributed by atoms with Gasteiger partial charge in [0.1, 0.15) is 6.61 Å². The summed E-state index contributed by atoms with van der Waals surface area (Å²) >= 11 is 1.33. The molecule has 1 aromatic carbocycles. The molecule has 0 unspecified atom stereocenters. The maximum Gasteiger partial charge on any atom is 0.306 e. The molecular weight excluding hydrogens is 392 g/mol. The second-order valence-corrected chi connectivity index (χ2v) is 7.35. The van der Waals surface area contributed by atoms with Crippen molar-refractivity contribution < 1.29 is 14.3 Å². The molecule has 8 nitrogen and oxygen atoms in total. The van der Waals surface area contributed by atoms with E-state index in [1.807, 2.05) is 30.3 Å². The zero-order valence-electron chi connectivity index (χ0n) is 15.5. The van der Waals surface area contributed by atoms with Gasteiger partial charge in [-0.25, -0.2) is 9.99 Å². The number of hydrogen-bond donors (Lipinski definition) is 0. The standard InChI is InChI=1S/C20H18N4O4S/c25-17(24-9-8-16(22-24)14-4-2-1-3-5-14)6-7-19(27)28-13-15-12-18(26)23-10-11-29-20(23)21-15/h1-5,10-12H,6-9,13H2. The molecule has 148 valence electrons. The molecule has 29 heavy (non-hydrogen) atoms. The molecule has 0 aliphatic carbocycles. The van der Waals surface area contributed by atoms with Gasteiger partial charge in [-0.15, -0.1) is 11.3 Å². The van der Waals surface area contributed by atoms with Crippen LogP contribution in [0.25, 0.3) is 4.96 Å². The SMILES string of the molecule is O=C(CCC(=O)N1CCC(c2ccccc2)=N1)OCc1cc(=O)n2ccsc2n1. The quantitative estimate of drug-likeness (QED) is 0.581. The first-order valence-corrected chi connectivity index (χ1v) is 10.0. The number of esters is 1. The van der Waals surface area contributed by atoms with Crippen molar-refractivity contribution in [2.24, 2.45) is 5.10 Å². The first-order valence-electron chi connectivity index (χ1n) is 9.15. The summed E-state index contributed by atoms with van der Waals surface area (Å²) in [6.45, 7) is 0.406. The predicted octanol–water partition coefficient (Wildman–Crippen LogP) is 2.22. The van der Waals surface area contributed by atoms with E-state index in [2.05, 4.69) is 10.1 Å². The number of ether oxygens (including phenoxy) is 1. The minimum atomic E-state index is -0.516. The van der Waals surface area contributed by atoms with Crippen LogP contribution in [-0.4, -0.2) is 38.5 Å². The summed E-state index contributed by atoms with van der Waals surface area (Å²) in [5, 5.41) is 7.53. The Kier molecular flexibility index (Phi) is 5.48. The molecule has 0 saturated carbocycles. The lowest BCUT2D eigenvalue weighted by molar-refractivity contribution is -0.147. The van der Waals surface area contributed by atoms with Gasteiger partial charge in [0.2, 0.25) is 5.91 Å². The molecule has 0 radical (unpaired) electrons. The Morgan fingerprint density at radius 3 is 2.83 bits per heavy atom. The smallest absolute Gasteiger partial charge is 0.306 e. The Morgan fingerprint density at radius 1 is 1.17 bits per heavy atom. The molecule has 4 rings (SSSR count). The van der Waals surface area contributed by atoms with E-state index in [4.69, 9.17) is 4.74 Å². The highest BCUT2D eigenvalue weighted by Gasteiger charge is 2.22. The zero-order chi connectivity index (χ0) is 20.2. The van der Waals surface area contributed by atoms with Crippen LogP contribution in [0.2, 0.25) is 0 Å². The fourth-order valence-corrected chi connectivity index (χ4v) is 3.74. The van der Waals surface area contributed by atoms with E-state index in [1.165, 1.54) is 26.8 Å². The number of amides is 1. The van der Waals surface area contributed by atoms with Crippen LogP contribution in [-0.2, 0) is 20.9 Å². The number of thiazole rings is 1. The summed E-state index contributed by atoms with van der Waals surface area (Å²) < 4.78 is 6.59. The van der Waals surface area contributed by atoms with Crippen molar-refractivity contribution in [3.8, 4) is 0 Å². The lowest BCUT2D eigenvalue weighted by atomic mass is 10.1. The summed E-state index contributed by atoms with van der Waals surface area (Å²) in [5.41, 5.74) is 2.02. The minimum absolute atomic E-state index is 0.0183. The van der Waals surface area contributed by atoms with E-state index in [-0.39, 0.29) is 30.9 Å². The van der Waals surface area contributed by atoms with Crippen LogP contribution in [0, 0.1) is 0 Å². The van der Waals surface area contributed by atoms with Crippen molar-refractivity contribution in [1.29, 1.82) is 0 Å². The number of fused-ring (bicyclic) bond motifs is 1. The summed E-state index contributed by atoms with van der Waals surface area (Å²) in [6.07, 6.45) is 2.30. The highest BCUT2D eigenvalue weighted by Crippen LogP contribution is 2.15. The molecule has 1 aliphatic rings. The van der Waals surface area contributed by atoms with Gasteiger partial charge in [-0.3, -0.25) is 18.8 Å². The maximum atomic E-state index is 12.3. The molecule has 0 bridgehead atoms. The van der Waals surface area contributed by atoms with Crippen molar-refractivity contribution in [3.05, 3.63) is 69.6 Å². The number of aromatic nitrogens is 2. The van der Waals surface area contributed by atoms with E-state index >= 15 is 0 Å². The summed E-state index contributed by atoms with van der Waals surface area (Å²) in [6, 6.07) is 11.0. The van der Waals surface area contributed by atoms with Crippen LogP contribution in [0.3, 0.4) is 0 Å². The molecule has 0 spiro atoms. The number of benzene rings is 1. The lowest BCUT2D eigenvalue weighted by Gasteiger charge is -2.11. The van der Waals surface area contributed by atoms with E-state index in [9.17, 15) is 14.4 Å². The van der Waals surface area contributed by atoms with Crippen LogP contribution in [0.5, 0.6) is 0 Å². The molecule has 1 amide bonds. The Morgan fingerprint density at radius 2 is 2.00 bits per heavy atom. The molecule has 0 atom stereocenters. The highest BCUT2D eigenvalue weighted by molar-refractivity contribution is 7.15. The molecule has 9 heteroatoms. The first kappa shape index (κ1) is 19.0. The number of hydrogen-bond acceptors (Lipinski definition) is 7. The summed E-state index contributed by atoms with van der Waals surface area (Å²) in [7, 11) is 0. The number of carbonyl (C=O) groups is 2. The number of nitrogens with zero attached hydrogens (tertiary/aromatic N) is 4. The zero-order valence-corrected chi connectivity index (χ0v) is 16.3. The Labute approximate surface area is 170 Å².